The van der Waals surface area contributed by atoms with Crippen LogP contribution < -0.4 is 0 Å². The first-order valence-corrected chi connectivity index (χ1v) is 5.94. The predicted molar refractivity (Wildman–Crippen MR) is 64.0 cm³/mol. The van der Waals surface area contributed by atoms with Crippen LogP contribution in [0.25, 0.3) is 0 Å². The van der Waals surface area contributed by atoms with E-state index in [0.29, 0.717) is 18.7 Å². The van der Waals surface area contributed by atoms with Crippen LogP contribution in [0.15, 0.2) is 0 Å². The molecule has 17 heavy (non-hydrogen) atoms. The molecule has 1 aliphatic rings. The molecule has 2 heterocycles. The average Bonchev–Trinajstić information content (AvgIpc) is 2.61. The lowest BCUT2D eigenvalue weighted by molar-refractivity contribution is -0.0387. The van der Waals surface area contributed by atoms with Gasteiger partial charge in [-0.2, -0.15) is 5.10 Å². The summed E-state index contributed by atoms with van der Waals surface area (Å²) in [5, 5.41) is 6.93. The van der Waals surface area contributed by atoms with E-state index >= 15 is 0 Å². The van der Waals surface area contributed by atoms with Crippen molar-refractivity contribution in [1.29, 1.82) is 0 Å². The van der Waals surface area contributed by atoms with Crippen LogP contribution in [0.5, 0.6) is 0 Å². The molecule has 5 heteroatoms. The Balaban J connectivity index is 2.25. The number of amides is 1. The van der Waals surface area contributed by atoms with Gasteiger partial charge in [0.1, 0.15) is 0 Å². The molecule has 1 saturated heterocycles. The summed E-state index contributed by atoms with van der Waals surface area (Å²) < 4.78 is 5.53. The number of aryl methyl sites for hydroxylation is 2. The minimum Gasteiger partial charge on any atom is -0.375 e. The summed E-state index contributed by atoms with van der Waals surface area (Å²) in [5.74, 6) is 0.0522. The van der Waals surface area contributed by atoms with Gasteiger partial charge in [0.2, 0.25) is 0 Å². The molecule has 1 N–H and O–H groups in total. The first-order valence-electron chi connectivity index (χ1n) is 5.94. The summed E-state index contributed by atoms with van der Waals surface area (Å²) >= 11 is 0. The van der Waals surface area contributed by atoms with Gasteiger partial charge in [0.15, 0.2) is 0 Å². The standard InChI is InChI=1S/C12H19N3O2/c1-7-6-17-8(2)5-15(7)12(16)11-9(3)13-14-10(11)4/h7-8H,5-6H2,1-4H3,(H,13,14). The molecule has 1 aromatic rings. The highest BCUT2D eigenvalue weighted by molar-refractivity contribution is 5.96. The zero-order chi connectivity index (χ0) is 12.6. The van der Waals surface area contributed by atoms with E-state index in [1.165, 1.54) is 0 Å². The summed E-state index contributed by atoms with van der Waals surface area (Å²) in [4.78, 5) is 14.3. The van der Waals surface area contributed by atoms with Crippen molar-refractivity contribution < 1.29 is 9.53 Å². The van der Waals surface area contributed by atoms with Crippen LogP contribution in [0.3, 0.4) is 0 Å². The maximum absolute atomic E-state index is 12.5. The van der Waals surface area contributed by atoms with Crippen molar-refractivity contribution in [2.75, 3.05) is 13.2 Å². The maximum atomic E-state index is 12.5. The highest BCUT2D eigenvalue weighted by Gasteiger charge is 2.30. The van der Waals surface area contributed by atoms with E-state index in [4.69, 9.17) is 4.74 Å². The van der Waals surface area contributed by atoms with E-state index in [1.807, 2.05) is 32.6 Å². The molecule has 1 fully saturated rings. The van der Waals surface area contributed by atoms with E-state index in [1.54, 1.807) is 0 Å². The Hall–Kier alpha value is -1.36. The molecule has 0 spiro atoms. The van der Waals surface area contributed by atoms with Gasteiger partial charge in [-0.25, -0.2) is 0 Å². The highest BCUT2D eigenvalue weighted by atomic mass is 16.5. The lowest BCUT2D eigenvalue weighted by Crippen LogP contribution is -2.50. The highest BCUT2D eigenvalue weighted by Crippen LogP contribution is 2.18. The third-order valence-corrected chi connectivity index (χ3v) is 3.21. The quantitative estimate of drug-likeness (QED) is 0.800. The molecule has 94 valence electrons. The Morgan fingerprint density at radius 1 is 1.47 bits per heavy atom. The summed E-state index contributed by atoms with van der Waals surface area (Å²) in [7, 11) is 0. The van der Waals surface area contributed by atoms with Crippen LogP contribution in [0.2, 0.25) is 0 Å². The minimum atomic E-state index is 0.0522. The van der Waals surface area contributed by atoms with Gasteiger partial charge >= 0.3 is 0 Å². The van der Waals surface area contributed by atoms with Crippen LogP contribution in [-0.2, 0) is 4.74 Å². The maximum Gasteiger partial charge on any atom is 0.257 e. The van der Waals surface area contributed by atoms with Crippen LogP contribution in [0.1, 0.15) is 35.6 Å². The number of morpholine rings is 1. The van der Waals surface area contributed by atoms with Gasteiger partial charge in [-0.05, 0) is 27.7 Å². The van der Waals surface area contributed by atoms with E-state index in [9.17, 15) is 4.79 Å². The van der Waals surface area contributed by atoms with Gasteiger partial charge in [0.25, 0.3) is 5.91 Å². The molecule has 2 atom stereocenters. The first-order chi connectivity index (χ1) is 8.00. The van der Waals surface area contributed by atoms with Crippen LogP contribution in [-0.4, -0.2) is 46.3 Å². The molecule has 1 amide bonds. The Kier molecular flexibility index (Phi) is 3.19. The molecule has 0 radical (unpaired) electrons. The van der Waals surface area contributed by atoms with Crippen molar-refractivity contribution in [1.82, 2.24) is 15.1 Å². The fourth-order valence-electron chi connectivity index (χ4n) is 2.20. The Morgan fingerprint density at radius 2 is 2.18 bits per heavy atom. The fraction of sp³-hybridized carbons (Fsp3) is 0.667. The van der Waals surface area contributed by atoms with Crippen molar-refractivity contribution in [2.45, 2.75) is 39.8 Å². The first kappa shape index (κ1) is 12.1. The van der Waals surface area contributed by atoms with Crippen molar-refractivity contribution >= 4 is 5.91 Å². The number of hydrogen-bond donors (Lipinski definition) is 1. The zero-order valence-corrected chi connectivity index (χ0v) is 10.8. The number of nitrogens with one attached hydrogen (secondary N) is 1. The molecule has 5 nitrogen and oxygen atoms in total. The number of hydrogen-bond acceptors (Lipinski definition) is 3. The molecule has 0 bridgehead atoms. The number of rotatable bonds is 1. The predicted octanol–water partition coefficient (Wildman–Crippen LogP) is 1.28. The van der Waals surface area contributed by atoms with Crippen LogP contribution in [0, 0.1) is 13.8 Å². The van der Waals surface area contributed by atoms with E-state index < -0.39 is 0 Å². The molecule has 1 aromatic heterocycles. The second kappa shape index (κ2) is 4.49. The zero-order valence-electron chi connectivity index (χ0n) is 10.8. The third-order valence-electron chi connectivity index (χ3n) is 3.21. The monoisotopic (exact) mass is 237 g/mol. The van der Waals surface area contributed by atoms with Gasteiger partial charge in [0, 0.05) is 12.2 Å². The van der Waals surface area contributed by atoms with Crippen molar-refractivity contribution in [3.63, 3.8) is 0 Å². The minimum absolute atomic E-state index is 0.0522. The lowest BCUT2D eigenvalue weighted by atomic mass is 10.1. The normalized spacial score (nSPS) is 25.1. The molecule has 2 rings (SSSR count). The van der Waals surface area contributed by atoms with E-state index in [2.05, 4.69) is 10.2 Å². The SMILES string of the molecule is Cc1n[nH]c(C)c1C(=O)N1CC(C)OCC1C. The number of ether oxygens (including phenoxy) is 1. The largest absolute Gasteiger partial charge is 0.375 e. The Morgan fingerprint density at radius 3 is 2.76 bits per heavy atom. The molecule has 1 aliphatic heterocycles. The molecule has 2 unspecified atom stereocenters. The van der Waals surface area contributed by atoms with Crippen LogP contribution >= 0.6 is 0 Å². The molecule has 0 aliphatic carbocycles. The van der Waals surface area contributed by atoms with E-state index in [0.717, 1.165) is 11.4 Å². The molecular weight excluding hydrogens is 218 g/mol. The second-order valence-corrected chi connectivity index (χ2v) is 4.76. The summed E-state index contributed by atoms with van der Waals surface area (Å²) in [6.45, 7) is 8.97. The molecule has 0 saturated carbocycles. The number of nitrogens with zero attached hydrogens (tertiary/aromatic N) is 2. The van der Waals surface area contributed by atoms with Crippen molar-refractivity contribution in [2.24, 2.45) is 0 Å². The Bertz CT molecular complexity index is 408. The lowest BCUT2D eigenvalue weighted by Gasteiger charge is -2.36. The topological polar surface area (TPSA) is 58.2 Å². The number of carbonyl (C=O) groups excluding carboxylic acids is 1. The van der Waals surface area contributed by atoms with Gasteiger partial charge in [-0.15, -0.1) is 0 Å². The van der Waals surface area contributed by atoms with Crippen LogP contribution in [0.4, 0.5) is 0 Å². The number of carbonyl (C=O) groups is 1. The van der Waals surface area contributed by atoms with Gasteiger partial charge in [-0.1, -0.05) is 0 Å². The third kappa shape index (κ3) is 2.20. The van der Waals surface area contributed by atoms with Crippen molar-refractivity contribution in [3.05, 3.63) is 17.0 Å². The smallest absolute Gasteiger partial charge is 0.257 e. The van der Waals surface area contributed by atoms with Gasteiger partial charge < -0.3 is 9.64 Å². The molecular formula is C12H19N3O2. The average molecular weight is 237 g/mol. The summed E-state index contributed by atoms with van der Waals surface area (Å²) in [6, 6.07) is 0.118. The number of aromatic amines is 1. The molecule has 0 aromatic carbocycles. The van der Waals surface area contributed by atoms with Gasteiger partial charge in [-0.3, -0.25) is 9.89 Å². The number of aromatic nitrogens is 2. The fourth-order valence-corrected chi connectivity index (χ4v) is 2.20. The summed E-state index contributed by atoms with van der Waals surface area (Å²) in [5.41, 5.74) is 2.30. The van der Waals surface area contributed by atoms with Crippen molar-refractivity contribution in [3.8, 4) is 0 Å². The Labute approximate surface area is 101 Å². The second-order valence-electron chi connectivity index (χ2n) is 4.76. The summed E-state index contributed by atoms with van der Waals surface area (Å²) in [6.07, 6.45) is 0.0997. The number of H-pyrrole nitrogens is 1. The van der Waals surface area contributed by atoms with Gasteiger partial charge in [0.05, 0.1) is 30.0 Å². The van der Waals surface area contributed by atoms with E-state index in [-0.39, 0.29) is 18.1 Å².